The van der Waals surface area contributed by atoms with Gasteiger partial charge in [0.25, 0.3) is 0 Å². The number of nitrogens with zero attached hydrogens (tertiary/aromatic N) is 2. The van der Waals surface area contributed by atoms with E-state index in [1.54, 1.807) is 6.20 Å². The van der Waals surface area contributed by atoms with Gasteiger partial charge in [0, 0.05) is 12.4 Å². The molecule has 5 rings (SSSR count). The molecule has 4 fully saturated rings. The van der Waals surface area contributed by atoms with Gasteiger partial charge in [-0.15, -0.1) is 0 Å². The molecule has 3 heteroatoms. The van der Waals surface area contributed by atoms with E-state index in [4.69, 9.17) is 0 Å². The molecule has 0 spiro atoms. The van der Waals surface area contributed by atoms with Gasteiger partial charge in [0.05, 0.1) is 11.2 Å². The molecule has 1 aromatic rings. The first kappa shape index (κ1) is 21.4. The molecule has 0 amide bonds. The lowest BCUT2D eigenvalue weighted by Crippen LogP contribution is -2.50. The molecule has 4 aliphatic carbocycles. The lowest BCUT2D eigenvalue weighted by Gasteiger charge is -2.57. The third kappa shape index (κ3) is 3.74. The van der Waals surface area contributed by atoms with E-state index in [-0.39, 0.29) is 0 Å². The molecule has 0 saturated heterocycles. The highest BCUT2D eigenvalue weighted by Crippen LogP contribution is 2.65. The van der Waals surface area contributed by atoms with Gasteiger partial charge in [-0.3, -0.25) is 4.98 Å². The maximum atomic E-state index is 10.6. The van der Waals surface area contributed by atoms with Gasteiger partial charge in [-0.25, -0.2) is 0 Å². The molecule has 9 atom stereocenters. The van der Waals surface area contributed by atoms with Crippen LogP contribution in [0.3, 0.4) is 0 Å². The van der Waals surface area contributed by atoms with Crippen LogP contribution in [-0.2, 0) is 6.42 Å². The van der Waals surface area contributed by atoms with Crippen molar-refractivity contribution in [3.63, 3.8) is 0 Å². The molecule has 1 heterocycles. The number of aromatic nitrogens is 1. The first-order valence-corrected chi connectivity index (χ1v) is 12.9. The summed E-state index contributed by atoms with van der Waals surface area (Å²) < 4.78 is 0. The Hall–Kier alpha value is -1.40. The van der Waals surface area contributed by atoms with Gasteiger partial charge in [-0.05, 0) is 130 Å². The summed E-state index contributed by atoms with van der Waals surface area (Å²) in [6, 6.07) is 4.28. The monoisotopic (exact) mass is 420 g/mol. The first-order valence-electron chi connectivity index (χ1n) is 12.9. The average Bonchev–Trinajstić information content (AvgIpc) is 3.10. The van der Waals surface area contributed by atoms with E-state index < -0.39 is 5.60 Å². The fraction of sp³-hybridized carbons (Fsp3) is 0.786. The van der Waals surface area contributed by atoms with Crippen molar-refractivity contribution in [3.8, 4) is 6.07 Å². The van der Waals surface area contributed by atoms with E-state index in [1.165, 1.54) is 50.5 Å². The Labute approximate surface area is 188 Å². The Morgan fingerprint density at radius 1 is 1.06 bits per heavy atom. The fourth-order valence-electron chi connectivity index (χ4n) is 9.23. The molecular formula is C28H40N2O. The Morgan fingerprint density at radius 2 is 1.87 bits per heavy atom. The number of hydrogen-bond acceptors (Lipinski definition) is 3. The van der Waals surface area contributed by atoms with Crippen LogP contribution in [-0.4, -0.2) is 15.7 Å². The van der Waals surface area contributed by atoms with E-state index in [1.807, 2.05) is 12.3 Å². The maximum Gasteiger partial charge on any atom is 0.101 e. The zero-order chi connectivity index (χ0) is 21.8. The van der Waals surface area contributed by atoms with Gasteiger partial charge >= 0.3 is 0 Å². The number of pyridine rings is 1. The summed E-state index contributed by atoms with van der Waals surface area (Å²) in [5.74, 6) is 5.80. The molecule has 0 aliphatic heterocycles. The zero-order valence-corrected chi connectivity index (χ0v) is 19.7. The second kappa shape index (κ2) is 7.87. The smallest absolute Gasteiger partial charge is 0.101 e. The Bertz CT molecular complexity index is 857. The average molecular weight is 421 g/mol. The summed E-state index contributed by atoms with van der Waals surface area (Å²) >= 11 is 0. The number of rotatable bonds is 3. The van der Waals surface area contributed by atoms with Gasteiger partial charge in [-0.2, -0.15) is 5.26 Å². The highest BCUT2D eigenvalue weighted by molar-refractivity contribution is 5.29. The predicted molar refractivity (Wildman–Crippen MR) is 123 cm³/mol. The van der Waals surface area contributed by atoms with Crippen LogP contribution in [0.25, 0.3) is 0 Å². The van der Waals surface area contributed by atoms with Crippen molar-refractivity contribution in [1.29, 1.82) is 5.26 Å². The Balaban J connectivity index is 1.30. The molecule has 1 unspecified atom stereocenters. The van der Waals surface area contributed by atoms with E-state index in [0.29, 0.717) is 16.9 Å². The SMILES string of the molecule is CC(Cc1cncc(C#N)c1)[C@H]1CC[C@H]2[C@@H]3CC[C@@H]4C[C@](C)(O)CC[C@@H]4[C@H]3CC[C@]12C. The molecule has 4 aliphatic rings. The van der Waals surface area contributed by atoms with Crippen LogP contribution in [0.5, 0.6) is 0 Å². The summed E-state index contributed by atoms with van der Waals surface area (Å²) in [4.78, 5) is 4.30. The third-order valence-corrected chi connectivity index (χ3v) is 10.5. The summed E-state index contributed by atoms with van der Waals surface area (Å²) in [6.07, 6.45) is 16.3. The second-order valence-electron chi connectivity index (χ2n) is 12.3. The van der Waals surface area contributed by atoms with Crippen molar-refractivity contribution in [2.75, 3.05) is 0 Å². The lowest BCUT2D eigenvalue weighted by atomic mass is 9.48. The first-order chi connectivity index (χ1) is 14.8. The van der Waals surface area contributed by atoms with E-state index in [0.717, 1.165) is 54.8 Å². The van der Waals surface area contributed by atoms with E-state index >= 15 is 0 Å². The van der Waals surface area contributed by atoms with Gasteiger partial charge in [0.15, 0.2) is 0 Å². The summed E-state index contributed by atoms with van der Waals surface area (Å²) in [7, 11) is 0. The molecule has 1 N–H and O–H groups in total. The van der Waals surface area contributed by atoms with Crippen LogP contribution >= 0.6 is 0 Å². The highest BCUT2D eigenvalue weighted by Gasteiger charge is 2.58. The van der Waals surface area contributed by atoms with Crippen molar-refractivity contribution in [3.05, 3.63) is 29.6 Å². The van der Waals surface area contributed by atoms with E-state index in [9.17, 15) is 10.4 Å². The summed E-state index contributed by atoms with van der Waals surface area (Å²) in [5, 5.41) is 19.8. The van der Waals surface area contributed by atoms with Crippen molar-refractivity contribution < 1.29 is 5.11 Å². The summed E-state index contributed by atoms with van der Waals surface area (Å²) in [5.41, 5.74) is 1.97. The minimum atomic E-state index is -0.414. The normalized spacial score (nSPS) is 45.1. The van der Waals surface area contributed by atoms with E-state index in [2.05, 4.69) is 31.8 Å². The number of aliphatic hydroxyl groups is 1. The van der Waals surface area contributed by atoms with Crippen LogP contribution in [0.15, 0.2) is 18.5 Å². The highest BCUT2D eigenvalue weighted by atomic mass is 16.3. The quantitative estimate of drug-likeness (QED) is 0.638. The molecule has 4 saturated carbocycles. The lowest BCUT2D eigenvalue weighted by molar-refractivity contribution is -0.102. The van der Waals surface area contributed by atoms with Crippen LogP contribution < -0.4 is 0 Å². The molecule has 31 heavy (non-hydrogen) atoms. The molecular weight excluding hydrogens is 380 g/mol. The Morgan fingerprint density at radius 3 is 2.68 bits per heavy atom. The fourth-order valence-corrected chi connectivity index (χ4v) is 9.23. The van der Waals surface area contributed by atoms with Crippen molar-refractivity contribution in [1.82, 2.24) is 4.98 Å². The van der Waals surface area contributed by atoms with Crippen molar-refractivity contribution in [2.24, 2.45) is 46.8 Å². The number of fused-ring (bicyclic) bond motifs is 5. The van der Waals surface area contributed by atoms with Crippen LogP contribution in [0.1, 0.15) is 89.7 Å². The van der Waals surface area contributed by atoms with Gasteiger partial charge in [0.1, 0.15) is 6.07 Å². The maximum absolute atomic E-state index is 10.6. The van der Waals surface area contributed by atoms with Crippen molar-refractivity contribution >= 4 is 0 Å². The topological polar surface area (TPSA) is 56.9 Å². The predicted octanol–water partition coefficient (Wildman–Crippen LogP) is 6.15. The largest absolute Gasteiger partial charge is 0.390 e. The molecule has 1 aromatic heterocycles. The molecule has 168 valence electrons. The minimum absolute atomic E-state index is 0.414. The molecule has 0 aromatic carbocycles. The van der Waals surface area contributed by atoms with Crippen LogP contribution in [0, 0.1) is 58.2 Å². The standard InChI is InChI=1S/C28H40N2O/c1-18(12-19-13-20(15-29)17-30-16-19)25-6-7-26-24-5-4-21-14-27(2,31)10-8-22(21)23(24)9-11-28(25,26)3/h13,16-18,21-26,31H,4-12,14H2,1-3H3/t18?,21-,22+,23-,24-,25-,26+,27-,28-/m1/s1. The van der Waals surface area contributed by atoms with Crippen LogP contribution in [0.4, 0.5) is 0 Å². The van der Waals surface area contributed by atoms with Crippen molar-refractivity contribution in [2.45, 2.75) is 90.6 Å². The van der Waals surface area contributed by atoms with Gasteiger partial charge in [0.2, 0.25) is 0 Å². The molecule has 0 bridgehead atoms. The zero-order valence-electron chi connectivity index (χ0n) is 19.7. The van der Waals surface area contributed by atoms with Gasteiger partial charge < -0.3 is 5.11 Å². The molecule has 3 nitrogen and oxygen atoms in total. The second-order valence-corrected chi connectivity index (χ2v) is 12.3. The number of hydrogen-bond donors (Lipinski definition) is 1. The Kier molecular flexibility index (Phi) is 5.45. The summed E-state index contributed by atoms with van der Waals surface area (Å²) in [6.45, 7) is 7.14. The van der Waals surface area contributed by atoms with Gasteiger partial charge in [-0.1, -0.05) is 13.8 Å². The minimum Gasteiger partial charge on any atom is -0.390 e. The van der Waals surface area contributed by atoms with Crippen LogP contribution in [0.2, 0.25) is 0 Å². The molecule has 0 radical (unpaired) electrons. The number of nitriles is 1. The third-order valence-electron chi connectivity index (χ3n) is 10.5.